The van der Waals surface area contributed by atoms with Gasteiger partial charge in [0.2, 0.25) is 0 Å². The summed E-state index contributed by atoms with van der Waals surface area (Å²) >= 11 is 0. The molecule has 0 radical (unpaired) electrons. The summed E-state index contributed by atoms with van der Waals surface area (Å²) in [6.45, 7) is 1.40. The molecule has 2 N–H and O–H groups in total. The summed E-state index contributed by atoms with van der Waals surface area (Å²) in [5.41, 5.74) is 0.881. The summed E-state index contributed by atoms with van der Waals surface area (Å²) in [6, 6.07) is 8.05. The Morgan fingerprint density at radius 1 is 1.16 bits per heavy atom. The highest BCUT2D eigenvalue weighted by molar-refractivity contribution is 5.75. The Kier molecular flexibility index (Phi) is 6.19. The molecule has 0 unspecified atom stereocenters. The van der Waals surface area contributed by atoms with E-state index in [1.807, 2.05) is 12.1 Å². The van der Waals surface area contributed by atoms with Crippen molar-refractivity contribution >= 4 is 6.03 Å². The summed E-state index contributed by atoms with van der Waals surface area (Å²) in [4.78, 5) is 12.6. The summed E-state index contributed by atoms with van der Waals surface area (Å²) < 4.78 is 10.9. The third-order valence-corrected chi connectivity index (χ3v) is 5.47. The van der Waals surface area contributed by atoms with Crippen molar-refractivity contribution in [2.24, 2.45) is 0 Å². The van der Waals surface area contributed by atoms with Gasteiger partial charge < -0.3 is 20.1 Å². The molecule has 1 aromatic carbocycles. The third-order valence-electron chi connectivity index (χ3n) is 5.47. The number of hydrogen-bond donors (Lipinski definition) is 2. The number of rotatable bonds is 5. The average Bonchev–Trinajstić information content (AvgIpc) is 3.06. The summed E-state index contributed by atoms with van der Waals surface area (Å²) in [5, 5.41) is 6.31. The van der Waals surface area contributed by atoms with E-state index < -0.39 is 0 Å². The normalized spacial score (nSPS) is 22.8. The molecule has 3 rings (SSSR count). The van der Waals surface area contributed by atoms with Crippen LogP contribution in [0.4, 0.5) is 4.79 Å². The van der Waals surface area contributed by atoms with Crippen molar-refractivity contribution in [3.05, 3.63) is 29.8 Å². The van der Waals surface area contributed by atoms with Crippen LogP contribution < -0.4 is 15.4 Å². The molecule has 0 aromatic heterocycles. The minimum absolute atomic E-state index is 0.0896. The van der Waals surface area contributed by atoms with Crippen molar-refractivity contribution in [2.45, 2.75) is 63.0 Å². The third kappa shape index (κ3) is 4.66. The van der Waals surface area contributed by atoms with E-state index in [-0.39, 0.29) is 17.7 Å². The van der Waals surface area contributed by atoms with Crippen LogP contribution in [0.1, 0.15) is 56.9 Å². The molecule has 2 aliphatic rings. The summed E-state index contributed by atoms with van der Waals surface area (Å²) in [5.74, 6) is 0.843. The maximum atomic E-state index is 12.6. The molecule has 1 aromatic rings. The van der Waals surface area contributed by atoms with Crippen LogP contribution in [0.25, 0.3) is 0 Å². The fourth-order valence-corrected chi connectivity index (χ4v) is 4.00. The van der Waals surface area contributed by atoms with E-state index in [0.717, 1.165) is 50.9 Å². The van der Waals surface area contributed by atoms with Crippen LogP contribution >= 0.6 is 0 Å². The van der Waals surface area contributed by atoms with Gasteiger partial charge in [-0.15, -0.1) is 0 Å². The van der Waals surface area contributed by atoms with Gasteiger partial charge in [0.1, 0.15) is 5.75 Å². The van der Waals surface area contributed by atoms with Gasteiger partial charge in [-0.05, 0) is 43.4 Å². The van der Waals surface area contributed by atoms with E-state index in [9.17, 15) is 4.79 Å². The molecule has 1 saturated heterocycles. The number of carbonyl (C=O) groups is 1. The SMILES string of the molecule is COc1ccc(C2(NC(=O)NC[C@@H]3CCCO3)CCCCCC2)cc1. The van der Waals surface area contributed by atoms with Gasteiger partial charge in [0.15, 0.2) is 0 Å². The highest BCUT2D eigenvalue weighted by atomic mass is 16.5. The van der Waals surface area contributed by atoms with Gasteiger partial charge in [-0.3, -0.25) is 0 Å². The molecule has 1 heterocycles. The van der Waals surface area contributed by atoms with E-state index in [4.69, 9.17) is 9.47 Å². The average molecular weight is 346 g/mol. The lowest BCUT2D eigenvalue weighted by Crippen LogP contribution is -2.51. The van der Waals surface area contributed by atoms with Crippen molar-refractivity contribution in [3.63, 3.8) is 0 Å². The Balaban J connectivity index is 1.70. The van der Waals surface area contributed by atoms with Gasteiger partial charge >= 0.3 is 6.03 Å². The van der Waals surface area contributed by atoms with E-state index in [1.54, 1.807) is 7.11 Å². The molecule has 1 aliphatic heterocycles. The molecule has 1 atom stereocenters. The van der Waals surface area contributed by atoms with Crippen molar-refractivity contribution in [2.75, 3.05) is 20.3 Å². The van der Waals surface area contributed by atoms with Crippen molar-refractivity contribution in [3.8, 4) is 5.75 Å². The number of benzene rings is 1. The Morgan fingerprint density at radius 3 is 2.48 bits per heavy atom. The zero-order chi connectivity index (χ0) is 17.5. The number of hydrogen-bond acceptors (Lipinski definition) is 3. The lowest BCUT2D eigenvalue weighted by atomic mass is 9.83. The second-order valence-corrected chi connectivity index (χ2v) is 7.19. The predicted molar refractivity (Wildman–Crippen MR) is 97.9 cm³/mol. The van der Waals surface area contributed by atoms with Crippen molar-refractivity contribution in [1.82, 2.24) is 10.6 Å². The largest absolute Gasteiger partial charge is 0.497 e. The molecule has 1 aliphatic carbocycles. The topological polar surface area (TPSA) is 59.6 Å². The van der Waals surface area contributed by atoms with Gasteiger partial charge in [-0.2, -0.15) is 0 Å². The van der Waals surface area contributed by atoms with Gasteiger partial charge in [0.05, 0.1) is 18.8 Å². The lowest BCUT2D eigenvalue weighted by Gasteiger charge is -2.35. The standard InChI is InChI=1S/C20H30N2O3/c1-24-17-10-8-16(9-11-17)20(12-4-2-3-5-13-20)22-19(23)21-15-18-7-6-14-25-18/h8-11,18H,2-7,12-15H2,1H3,(H2,21,22,23)/t18-/m0/s1. The molecule has 25 heavy (non-hydrogen) atoms. The predicted octanol–water partition coefficient (Wildman–Crippen LogP) is 3.72. The minimum atomic E-state index is -0.288. The van der Waals surface area contributed by atoms with Crippen LogP contribution in [0.5, 0.6) is 5.75 Å². The van der Waals surface area contributed by atoms with E-state index in [2.05, 4.69) is 22.8 Å². The summed E-state index contributed by atoms with van der Waals surface area (Å²) in [6.07, 6.45) is 8.98. The van der Waals surface area contributed by atoms with E-state index in [1.165, 1.54) is 18.4 Å². The van der Waals surface area contributed by atoms with Gasteiger partial charge in [-0.1, -0.05) is 37.8 Å². The first kappa shape index (κ1) is 18.1. The molecular weight excluding hydrogens is 316 g/mol. The van der Waals surface area contributed by atoms with Crippen LogP contribution in [-0.4, -0.2) is 32.4 Å². The first-order chi connectivity index (χ1) is 12.2. The first-order valence-corrected chi connectivity index (χ1v) is 9.54. The van der Waals surface area contributed by atoms with E-state index >= 15 is 0 Å². The fraction of sp³-hybridized carbons (Fsp3) is 0.650. The van der Waals surface area contributed by atoms with E-state index in [0.29, 0.717) is 6.54 Å². The molecule has 5 heteroatoms. The maximum absolute atomic E-state index is 12.6. The van der Waals surface area contributed by atoms with Crippen LogP contribution in [0, 0.1) is 0 Å². The monoisotopic (exact) mass is 346 g/mol. The zero-order valence-electron chi connectivity index (χ0n) is 15.2. The highest BCUT2D eigenvalue weighted by Crippen LogP contribution is 2.36. The number of nitrogens with one attached hydrogen (secondary N) is 2. The Morgan fingerprint density at radius 2 is 1.88 bits per heavy atom. The fourth-order valence-electron chi connectivity index (χ4n) is 4.00. The molecule has 1 saturated carbocycles. The van der Waals surface area contributed by atoms with Crippen LogP contribution in [0.2, 0.25) is 0 Å². The molecule has 0 spiro atoms. The van der Waals surface area contributed by atoms with Crippen LogP contribution in [-0.2, 0) is 10.3 Å². The van der Waals surface area contributed by atoms with Gasteiger partial charge in [-0.25, -0.2) is 4.79 Å². The zero-order valence-corrected chi connectivity index (χ0v) is 15.2. The quantitative estimate of drug-likeness (QED) is 0.799. The Bertz CT molecular complexity index is 545. The Hall–Kier alpha value is -1.75. The first-order valence-electron chi connectivity index (χ1n) is 9.54. The lowest BCUT2D eigenvalue weighted by molar-refractivity contribution is 0.110. The van der Waals surface area contributed by atoms with Crippen LogP contribution in [0.15, 0.2) is 24.3 Å². The number of carbonyl (C=O) groups excluding carboxylic acids is 1. The summed E-state index contributed by atoms with van der Waals surface area (Å²) in [7, 11) is 1.67. The second-order valence-electron chi connectivity index (χ2n) is 7.19. The molecule has 2 fully saturated rings. The van der Waals surface area contributed by atoms with Gasteiger partial charge in [0.25, 0.3) is 0 Å². The van der Waals surface area contributed by atoms with Crippen LogP contribution in [0.3, 0.4) is 0 Å². The molecule has 138 valence electrons. The van der Waals surface area contributed by atoms with Crippen molar-refractivity contribution < 1.29 is 14.3 Å². The number of ether oxygens (including phenoxy) is 2. The molecule has 2 amide bonds. The number of amides is 2. The maximum Gasteiger partial charge on any atom is 0.315 e. The number of urea groups is 1. The molecule has 0 bridgehead atoms. The Labute approximate surface area is 150 Å². The highest BCUT2D eigenvalue weighted by Gasteiger charge is 2.34. The van der Waals surface area contributed by atoms with Crippen molar-refractivity contribution in [1.29, 1.82) is 0 Å². The molecule has 5 nitrogen and oxygen atoms in total. The minimum Gasteiger partial charge on any atom is -0.497 e. The number of methoxy groups -OCH3 is 1. The molecular formula is C20H30N2O3. The van der Waals surface area contributed by atoms with Gasteiger partial charge in [0, 0.05) is 13.2 Å². The second kappa shape index (κ2) is 8.56. The smallest absolute Gasteiger partial charge is 0.315 e.